The maximum atomic E-state index is 12.8. The molecule has 28 heavy (non-hydrogen) atoms. The minimum atomic E-state index is -0.982. The molecule has 2 aliphatic rings. The summed E-state index contributed by atoms with van der Waals surface area (Å²) >= 11 is 0. The van der Waals surface area contributed by atoms with Crippen molar-refractivity contribution >= 4 is 17.7 Å². The summed E-state index contributed by atoms with van der Waals surface area (Å²) in [5.74, 6) is -1.70. The molecule has 0 aromatic heterocycles. The molecule has 5 atom stereocenters. The number of carbonyl (C=O) groups is 3. The zero-order valence-corrected chi connectivity index (χ0v) is 17.5. The Morgan fingerprint density at radius 1 is 1.32 bits per heavy atom. The zero-order valence-electron chi connectivity index (χ0n) is 17.5. The fourth-order valence-corrected chi connectivity index (χ4v) is 3.43. The Labute approximate surface area is 166 Å². The number of hydrogen-bond donors (Lipinski definition) is 0. The van der Waals surface area contributed by atoms with Gasteiger partial charge in [-0.3, -0.25) is 9.59 Å². The van der Waals surface area contributed by atoms with Crippen molar-refractivity contribution in [3.63, 3.8) is 0 Å². The van der Waals surface area contributed by atoms with Crippen molar-refractivity contribution in [1.29, 1.82) is 0 Å². The lowest BCUT2D eigenvalue weighted by atomic mass is 9.74. The summed E-state index contributed by atoms with van der Waals surface area (Å²) in [6.07, 6.45) is 2.72. The van der Waals surface area contributed by atoms with Crippen LogP contribution in [0, 0.1) is 5.92 Å². The molecule has 0 aromatic carbocycles. The minimum Gasteiger partial charge on any atom is -0.454 e. The summed E-state index contributed by atoms with van der Waals surface area (Å²) in [6, 6.07) is 0. The van der Waals surface area contributed by atoms with Gasteiger partial charge in [-0.25, -0.2) is 4.79 Å². The number of Topliss-reactive ketones (excluding diaryl/α,β-unsaturated/α-hetero) is 1. The Balaban J connectivity index is 2.29. The van der Waals surface area contributed by atoms with E-state index in [0.717, 1.165) is 5.57 Å². The normalized spacial score (nSPS) is 30.0. The quantitative estimate of drug-likeness (QED) is 0.287. The Kier molecular flexibility index (Phi) is 6.65. The second-order valence-electron chi connectivity index (χ2n) is 7.91. The van der Waals surface area contributed by atoms with E-state index in [1.54, 1.807) is 26.8 Å². The summed E-state index contributed by atoms with van der Waals surface area (Å²) < 4.78 is 16.6. The predicted molar refractivity (Wildman–Crippen MR) is 104 cm³/mol. The Bertz CT molecular complexity index is 742. The molecule has 6 nitrogen and oxygen atoms in total. The lowest BCUT2D eigenvalue weighted by Crippen LogP contribution is -2.48. The average molecular weight is 390 g/mol. The molecule has 154 valence electrons. The molecule has 0 spiro atoms. The van der Waals surface area contributed by atoms with Gasteiger partial charge < -0.3 is 14.2 Å². The molecule has 1 heterocycles. The number of allylic oxidation sites excluding steroid dienone is 2. The summed E-state index contributed by atoms with van der Waals surface area (Å²) in [7, 11) is 0. The van der Waals surface area contributed by atoms with Gasteiger partial charge in [0.25, 0.3) is 0 Å². The van der Waals surface area contributed by atoms with Crippen molar-refractivity contribution in [1.82, 2.24) is 0 Å². The highest BCUT2D eigenvalue weighted by molar-refractivity contribution is 5.96. The van der Waals surface area contributed by atoms with Crippen molar-refractivity contribution in [2.45, 2.75) is 78.3 Å². The van der Waals surface area contributed by atoms with Crippen LogP contribution in [0.25, 0.3) is 0 Å². The topological polar surface area (TPSA) is 82.2 Å². The van der Waals surface area contributed by atoms with Gasteiger partial charge in [-0.15, -0.1) is 0 Å². The molecule has 2 fully saturated rings. The Morgan fingerprint density at radius 2 is 1.96 bits per heavy atom. The molecule has 0 aromatic rings. The first-order valence-corrected chi connectivity index (χ1v) is 9.56. The van der Waals surface area contributed by atoms with E-state index in [4.69, 9.17) is 14.2 Å². The van der Waals surface area contributed by atoms with Crippen LogP contribution < -0.4 is 0 Å². The van der Waals surface area contributed by atoms with Crippen molar-refractivity contribution in [2.24, 2.45) is 5.92 Å². The van der Waals surface area contributed by atoms with E-state index in [9.17, 15) is 14.4 Å². The number of esters is 2. The van der Waals surface area contributed by atoms with Gasteiger partial charge in [0.05, 0.1) is 6.10 Å². The third-order valence-electron chi connectivity index (χ3n) is 5.45. The molecule has 1 saturated heterocycles. The summed E-state index contributed by atoms with van der Waals surface area (Å²) in [5.41, 5.74) is 1.23. The molecule has 0 N–H and O–H groups in total. The lowest BCUT2D eigenvalue weighted by molar-refractivity contribution is -0.159. The average Bonchev–Trinajstić information content (AvgIpc) is 3.30. The van der Waals surface area contributed by atoms with Crippen LogP contribution in [-0.2, 0) is 28.6 Å². The van der Waals surface area contributed by atoms with E-state index in [-0.39, 0.29) is 11.9 Å². The number of epoxide rings is 1. The van der Waals surface area contributed by atoms with Gasteiger partial charge in [-0.05, 0) is 46.6 Å². The van der Waals surface area contributed by atoms with Gasteiger partial charge in [0.2, 0.25) is 5.78 Å². The van der Waals surface area contributed by atoms with Crippen LogP contribution in [0.2, 0.25) is 0 Å². The zero-order chi connectivity index (χ0) is 21.2. The molecular weight excluding hydrogens is 360 g/mol. The van der Waals surface area contributed by atoms with E-state index in [1.165, 1.54) is 6.92 Å². The van der Waals surface area contributed by atoms with Crippen LogP contribution in [0.5, 0.6) is 0 Å². The molecule has 0 unspecified atom stereocenters. The van der Waals surface area contributed by atoms with Crippen molar-refractivity contribution in [2.75, 3.05) is 0 Å². The van der Waals surface area contributed by atoms with Crippen LogP contribution in [0.15, 0.2) is 35.5 Å². The molecular formula is C22H30O6. The fourth-order valence-electron chi connectivity index (χ4n) is 3.43. The van der Waals surface area contributed by atoms with Gasteiger partial charge >= 0.3 is 11.9 Å². The minimum absolute atomic E-state index is 0.231. The van der Waals surface area contributed by atoms with Gasteiger partial charge in [0.1, 0.15) is 6.10 Å². The SMILES string of the molecule is C=C([C@H](CC=C(C)C)OC(=O)/C(C)=C\C)[C@@H]1C[C@@H]2O[C@]2(C)C(=O)[C@H]1OC(C)=O. The van der Waals surface area contributed by atoms with Gasteiger partial charge in [-0.1, -0.05) is 24.3 Å². The predicted octanol–water partition coefficient (Wildman–Crippen LogP) is 3.46. The molecule has 1 saturated carbocycles. The molecule has 6 heteroatoms. The molecule has 1 aliphatic carbocycles. The molecule has 1 aliphatic heterocycles. The maximum absolute atomic E-state index is 12.8. The van der Waals surface area contributed by atoms with Crippen molar-refractivity contribution in [3.05, 3.63) is 35.5 Å². The van der Waals surface area contributed by atoms with Crippen LogP contribution in [0.3, 0.4) is 0 Å². The smallest absolute Gasteiger partial charge is 0.333 e. The van der Waals surface area contributed by atoms with Gasteiger partial charge in [-0.2, -0.15) is 0 Å². The first-order valence-electron chi connectivity index (χ1n) is 9.56. The first-order chi connectivity index (χ1) is 13.0. The molecule has 0 radical (unpaired) electrons. The van der Waals surface area contributed by atoms with E-state index in [2.05, 4.69) is 6.58 Å². The summed E-state index contributed by atoms with van der Waals surface area (Å²) in [5, 5.41) is 0. The summed E-state index contributed by atoms with van der Waals surface area (Å²) in [6.45, 7) is 14.5. The van der Waals surface area contributed by atoms with E-state index in [0.29, 0.717) is 24.0 Å². The highest BCUT2D eigenvalue weighted by Gasteiger charge is 2.66. The van der Waals surface area contributed by atoms with Gasteiger partial charge in [0, 0.05) is 24.8 Å². The molecule has 0 bridgehead atoms. The van der Waals surface area contributed by atoms with Crippen molar-refractivity contribution < 1.29 is 28.6 Å². The monoisotopic (exact) mass is 390 g/mol. The number of hydrogen-bond acceptors (Lipinski definition) is 6. The maximum Gasteiger partial charge on any atom is 0.333 e. The van der Waals surface area contributed by atoms with Crippen molar-refractivity contribution in [3.8, 4) is 0 Å². The number of ether oxygens (including phenoxy) is 3. The number of carbonyl (C=O) groups excluding carboxylic acids is 3. The third kappa shape index (κ3) is 4.61. The standard InChI is InChI=1S/C22H30O6/c1-8-13(4)21(25)27-17(10-9-12(2)3)14(5)16-11-18-22(7,28-18)20(24)19(16)26-15(6)23/h8-9,16-19H,5,10-11H2,1-4,6-7H3/b13-8-/t16-,17-,18-,19-,22-/m0/s1. The van der Waals surface area contributed by atoms with Crippen LogP contribution >= 0.6 is 0 Å². The second-order valence-corrected chi connectivity index (χ2v) is 7.91. The Morgan fingerprint density at radius 3 is 2.50 bits per heavy atom. The summed E-state index contributed by atoms with van der Waals surface area (Å²) in [4.78, 5) is 36.8. The van der Waals surface area contributed by atoms with E-state index in [1.807, 2.05) is 19.9 Å². The highest BCUT2D eigenvalue weighted by Crippen LogP contribution is 2.50. The largest absolute Gasteiger partial charge is 0.454 e. The third-order valence-corrected chi connectivity index (χ3v) is 5.45. The van der Waals surface area contributed by atoms with Gasteiger partial charge in [0.15, 0.2) is 11.7 Å². The second kappa shape index (κ2) is 8.43. The number of ketones is 1. The van der Waals surface area contributed by atoms with Crippen LogP contribution in [-0.4, -0.2) is 41.6 Å². The number of fused-ring (bicyclic) bond motifs is 1. The Hall–Kier alpha value is -2.21. The highest BCUT2D eigenvalue weighted by atomic mass is 16.6. The van der Waals surface area contributed by atoms with E-state index >= 15 is 0 Å². The first kappa shape index (κ1) is 22.1. The van der Waals surface area contributed by atoms with E-state index < -0.39 is 35.7 Å². The fraction of sp³-hybridized carbons (Fsp3) is 0.591. The van der Waals surface area contributed by atoms with Crippen LogP contribution in [0.4, 0.5) is 0 Å². The van der Waals surface area contributed by atoms with Crippen LogP contribution in [0.1, 0.15) is 54.4 Å². The lowest BCUT2D eigenvalue weighted by Gasteiger charge is -2.34. The number of rotatable bonds is 7. The molecule has 0 amide bonds. The molecule has 2 rings (SSSR count).